The number of aryl methyl sites for hydroxylation is 1. The molecule has 1 aromatic heterocycles. The topological polar surface area (TPSA) is 70.4 Å². The second-order valence-corrected chi connectivity index (χ2v) is 3.18. The van der Waals surface area contributed by atoms with Crippen molar-refractivity contribution in [3.63, 3.8) is 0 Å². The highest BCUT2D eigenvalue weighted by Crippen LogP contribution is 1.92. The lowest BCUT2D eigenvalue weighted by molar-refractivity contribution is -0.139. The first-order valence-electron chi connectivity index (χ1n) is 5.11. The molecule has 0 saturated heterocycles. The van der Waals surface area contributed by atoms with Gasteiger partial charge in [0.1, 0.15) is 0 Å². The van der Waals surface area contributed by atoms with Gasteiger partial charge in [0.15, 0.2) is 0 Å². The minimum Gasteiger partial charge on any atom is -0.466 e. The zero-order valence-corrected chi connectivity index (χ0v) is 9.54. The quantitative estimate of drug-likeness (QED) is 0.411. The predicted octanol–water partition coefficient (Wildman–Crippen LogP) is 0.546. The maximum absolute atomic E-state index is 11.1. The first-order valence-corrected chi connectivity index (χ1v) is 5.11. The first-order chi connectivity index (χ1) is 8.22. The van der Waals surface area contributed by atoms with E-state index in [1.807, 2.05) is 10.8 Å². The van der Waals surface area contributed by atoms with Gasteiger partial charge in [-0.1, -0.05) is 0 Å². The largest absolute Gasteiger partial charge is 0.466 e. The second kappa shape index (κ2) is 7.21. The Morgan fingerprint density at radius 3 is 2.76 bits per heavy atom. The first kappa shape index (κ1) is 13.0. The molecule has 0 atom stereocenters. The summed E-state index contributed by atoms with van der Waals surface area (Å²) in [5.41, 5.74) is 0. The van der Waals surface area contributed by atoms with Gasteiger partial charge in [-0.05, 0) is 6.42 Å². The standard InChI is InChI=1S/C11H14N2O4/c1-16-10(14)3-4-11(15)17-8-2-6-13-7-5-12-9-13/h3-5,7,9H,2,6,8H2,1H3/b4-3+. The Labute approximate surface area is 98.9 Å². The van der Waals surface area contributed by atoms with Crippen molar-refractivity contribution in [2.45, 2.75) is 13.0 Å². The van der Waals surface area contributed by atoms with E-state index < -0.39 is 11.9 Å². The zero-order valence-electron chi connectivity index (χ0n) is 9.54. The normalized spacial score (nSPS) is 10.4. The van der Waals surface area contributed by atoms with Gasteiger partial charge in [-0.3, -0.25) is 0 Å². The summed E-state index contributed by atoms with van der Waals surface area (Å²) in [4.78, 5) is 25.7. The Morgan fingerprint density at radius 1 is 1.35 bits per heavy atom. The Balaban J connectivity index is 2.12. The summed E-state index contributed by atoms with van der Waals surface area (Å²) >= 11 is 0. The highest BCUT2D eigenvalue weighted by Gasteiger charge is 1.99. The van der Waals surface area contributed by atoms with Crippen LogP contribution in [0, 0.1) is 0 Å². The van der Waals surface area contributed by atoms with E-state index in [9.17, 15) is 9.59 Å². The van der Waals surface area contributed by atoms with Gasteiger partial charge >= 0.3 is 11.9 Å². The summed E-state index contributed by atoms with van der Waals surface area (Å²) in [6.45, 7) is 1.02. The minimum absolute atomic E-state index is 0.294. The number of hydrogen-bond acceptors (Lipinski definition) is 5. The number of carbonyl (C=O) groups is 2. The molecule has 0 unspecified atom stereocenters. The lowest BCUT2D eigenvalue weighted by atomic mass is 10.4. The van der Waals surface area contributed by atoms with E-state index in [1.54, 1.807) is 12.5 Å². The van der Waals surface area contributed by atoms with E-state index in [-0.39, 0.29) is 0 Å². The van der Waals surface area contributed by atoms with Crippen molar-refractivity contribution in [2.24, 2.45) is 0 Å². The SMILES string of the molecule is COC(=O)/C=C/C(=O)OCCCn1ccnc1. The number of ether oxygens (including phenoxy) is 2. The highest BCUT2D eigenvalue weighted by atomic mass is 16.5. The molecular weight excluding hydrogens is 224 g/mol. The smallest absolute Gasteiger partial charge is 0.331 e. The molecule has 0 aromatic carbocycles. The highest BCUT2D eigenvalue weighted by molar-refractivity contribution is 5.91. The lowest BCUT2D eigenvalue weighted by Crippen LogP contribution is -2.06. The lowest BCUT2D eigenvalue weighted by Gasteiger charge is -2.02. The molecule has 0 fully saturated rings. The molecule has 0 aliphatic rings. The summed E-state index contributed by atoms with van der Waals surface area (Å²) in [5, 5.41) is 0. The minimum atomic E-state index is -0.583. The fourth-order valence-electron chi connectivity index (χ4n) is 1.09. The van der Waals surface area contributed by atoms with Crippen LogP contribution in [0.1, 0.15) is 6.42 Å². The van der Waals surface area contributed by atoms with Crippen LogP contribution in [0.15, 0.2) is 30.9 Å². The average Bonchev–Trinajstić information content (AvgIpc) is 2.84. The molecule has 1 rings (SSSR count). The number of imidazole rings is 1. The van der Waals surface area contributed by atoms with Crippen LogP contribution in [0.25, 0.3) is 0 Å². The van der Waals surface area contributed by atoms with Gasteiger partial charge in [-0.25, -0.2) is 14.6 Å². The molecule has 0 radical (unpaired) electrons. The third kappa shape index (κ3) is 5.50. The number of rotatable bonds is 6. The van der Waals surface area contributed by atoms with Crippen LogP contribution in [0.5, 0.6) is 0 Å². The van der Waals surface area contributed by atoms with Crippen molar-refractivity contribution < 1.29 is 19.1 Å². The van der Waals surface area contributed by atoms with Gasteiger partial charge in [0, 0.05) is 31.1 Å². The summed E-state index contributed by atoms with van der Waals surface area (Å²) in [7, 11) is 1.24. The number of carbonyl (C=O) groups excluding carboxylic acids is 2. The third-order valence-electron chi connectivity index (χ3n) is 1.92. The van der Waals surface area contributed by atoms with Gasteiger partial charge in [0.25, 0.3) is 0 Å². The molecule has 0 amide bonds. The van der Waals surface area contributed by atoms with Crippen LogP contribution >= 0.6 is 0 Å². The third-order valence-corrected chi connectivity index (χ3v) is 1.92. The fraction of sp³-hybridized carbons (Fsp3) is 0.364. The van der Waals surface area contributed by atoms with E-state index in [1.165, 1.54) is 7.11 Å². The monoisotopic (exact) mass is 238 g/mol. The molecule has 6 nitrogen and oxygen atoms in total. The average molecular weight is 238 g/mol. The van der Waals surface area contributed by atoms with Crippen molar-refractivity contribution in [3.05, 3.63) is 30.9 Å². The molecule has 0 N–H and O–H groups in total. The Morgan fingerprint density at radius 2 is 2.12 bits per heavy atom. The molecule has 17 heavy (non-hydrogen) atoms. The van der Waals surface area contributed by atoms with E-state index in [2.05, 4.69) is 9.72 Å². The van der Waals surface area contributed by atoms with Crippen molar-refractivity contribution in [1.29, 1.82) is 0 Å². The van der Waals surface area contributed by atoms with E-state index >= 15 is 0 Å². The summed E-state index contributed by atoms with van der Waals surface area (Å²) in [6.07, 6.45) is 7.97. The Hall–Kier alpha value is -2.11. The number of hydrogen-bond donors (Lipinski definition) is 0. The van der Waals surface area contributed by atoms with E-state index in [0.717, 1.165) is 18.7 Å². The van der Waals surface area contributed by atoms with Crippen molar-refractivity contribution in [3.8, 4) is 0 Å². The molecule has 92 valence electrons. The van der Waals surface area contributed by atoms with Crippen LogP contribution in [0.4, 0.5) is 0 Å². The molecule has 6 heteroatoms. The molecule has 0 aliphatic heterocycles. The molecule has 0 bridgehead atoms. The number of nitrogens with zero attached hydrogens (tertiary/aromatic N) is 2. The van der Waals surface area contributed by atoms with Crippen LogP contribution in [0.3, 0.4) is 0 Å². The molecule has 0 spiro atoms. The van der Waals surface area contributed by atoms with Crippen LogP contribution < -0.4 is 0 Å². The predicted molar refractivity (Wildman–Crippen MR) is 59.0 cm³/mol. The molecule has 1 aromatic rings. The van der Waals surface area contributed by atoms with Crippen LogP contribution in [-0.2, 0) is 25.6 Å². The fourth-order valence-corrected chi connectivity index (χ4v) is 1.09. The molecule has 0 aliphatic carbocycles. The van der Waals surface area contributed by atoms with Gasteiger partial charge in [0.2, 0.25) is 0 Å². The van der Waals surface area contributed by atoms with Crippen LogP contribution in [0.2, 0.25) is 0 Å². The second-order valence-electron chi connectivity index (χ2n) is 3.18. The van der Waals surface area contributed by atoms with Crippen LogP contribution in [-0.4, -0.2) is 35.2 Å². The van der Waals surface area contributed by atoms with E-state index in [0.29, 0.717) is 13.0 Å². The Kier molecular flexibility index (Phi) is 5.50. The zero-order chi connectivity index (χ0) is 12.5. The van der Waals surface area contributed by atoms with Gasteiger partial charge < -0.3 is 14.0 Å². The van der Waals surface area contributed by atoms with Crippen molar-refractivity contribution in [2.75, 3.05) is 13.7 Å². The van der Waals surface area contributed by atoms with Crippen molar-refractivity contribution >= 4 is 11.9 Å². The number of esters is 2. The number of aromatic nitrogens is 2. The van der Waals surface area contributed by atoms with Crippen molar-refractivity contribution in [1.82, 2.24) is 9.55 Å². The molecule has 1 heterocycles. The summed E-state index contributed by atoms with van der Waals surface area (Å²) < 4.78 is 11.1. The van der Waals surface area contributed by atoms with E-state index in [4.69, 9.17) is 4.74 Å². The number of methoxy groups -OCH3 is 1. The summed E-state index contributed by atoms with van der Waals surface area (Å²) in [6, 6.07) is 0. The molecular formula is C11H14N2O4. The Bertz CT molecular complexity index is 384. The molecule has 0 saturated carbocycles. The van der Waals surface area contributed by atoms with Gasteiger partial charge in [-0.2, -0.15) is 0 Å². The van der Waals surface area contributed by atoms with Gasteiger partial charge in [0.05, 0.1) is 20.0 Å². The van der Waals surface area contributed by atoms with Gasteiger partial charge in [-0.15, -0.1) is 0 Å². The maximum Gasteiger partial charge on any atom is 0.331 e. The maximum atomic E-state index is 11.1. The summed E-state index contributed by atoms with van der Waals surface area (Å²) in [5.74, 6) is -1.14.